The third kappa shape index (κ3) is 3.72. The molecule has 6 nitrogen and oxygen atoms in total. The number of rotatable bonds is 5. The number of aliphatic imine (C=N–C) groups is 1. The highest BCUT2D eigenvalue weighted by atomic mass is 35.5. The molecule has 0 aliphatic rings. The molecule has 2 aromatic carbocycles. The van der Waals surface area contributed by atoms with E-state index in [9.17, 15) is 5.11 Å². The largest absolute Gasteiger partial charge is 0.504 e. The summed E-state index contributed by atoms with van der Waals surface area (Å²) in [6, 6.07) is 22.1. The van der Waals surface area contributed by atoms with Gasteiger partial charge in [-0.3, -0.25) is 4.40 Å². The minimum absolute atomic E-state index is 0.0641. The zero-order valence-electron chi connectivity index (χ0n) is 17.1. The smallest absolute Gasteiger partial charge is 0.165 e. The molecule has 7 heteroatoms. The Kier molecular flexibility index (Phi) is 5.13. The van der Waals surface area contributed by atoms with Crippen LogP contribution >= 0.6 is 11.6 Å². The van der Waals surface area contributed by atoms with Gasteiger partial charge in [0.1, 0.15) is 22.9 Å². The fourth-order valence-corrected chi connectivity index (χ4v) is 3.66. The molecule has 0 saturated carbocycles. The quantitative estimate of drug-likeness (QED) is 0.320. The van der Waals surface area contributed by atoms with Crippen LogP contribution in [-0.4, -0.2) is 27.8 Å². The third-order valence-corrected chi connectivity index (χ3v) is 5.24. The number of hydrogen-bond donors (Lipinski definition) is 1. The van der Waals surface area contributed by atoms with Crippen molar-refractivity contribution in [2.45, 2.75) is 0 Å². The first-order valence-electron chi connectivity index (χ1n) is 9.87. The first-order valence-corrected chi connectivity index (χ1v) is 10.2. The fourth-order valence-electron chi connectivity index (χ4n) is 3.47. The van der Waals surface area contributed by atoms with Crippen molar-refractivity contribution in [2.24, 2.45) is 4.99 Å². The van der Waals surface area contributed by atoms with E-state index < -0.39 is 0 Å². The van der Waals surface area contributed by atoms with E-state index >= 15 is 0 Å². The van der Waals surface area contributed by atoms with Gasteiger partial charge in [0.25, 0.3) is 0 Å². The van der Waals surface area contributed by atoms with E-state index in [4.69, 9.17) is 30.7 Å². The van der Waals surface area contributed by atoms with Gasteiger partial charge >= 0.3 is 0 Å². The van der Waals surface area contributed by atoms with Crippen LogP contribution < -0.4 is 4.74 Å². The van der Waals surface area contributed by atoms with Crippen LogP contribution in [-0.2, 0) is 0 Å². The van der Waals surface area contributed by atoms with E-state index in [1.165, 1.54) is 7.11 Å². The molecule has 0 saturated heterocycles. The Morgan fingerprint density at radius 3 is 2.78 bits per heavy atom. The van der Waals surface area contributed by atoms with Crippen LogP contribution in [0.4, 0.5) is 5.82 Å². The first kappa shape index (κ1) is 19.9. The monoisotopic (exact) mass is 443 g/mol. The van der Waals surface area contributed by atoms with Gasteiger partial charge in [-0.25, -0.2) is 9.98 Å². The minimum Gasteiger partial charge on any atom is -0.504 e. The molecule has 5 rings (SSSR count). The number of ether oxygens (including phenoxy) is 1. The van der Waals surface area contributed by atoms with Crippen molar-refractivity contribution in [2.75, 3.05) is 7.11 Å². The number of methoxy groups -OCH3 is 1. The second kappa shape index (κ2) is 8.24. The number of phenolic OH excluding ortho intramolecular Hbond substituents is 1. The van der Waals surface area contributed by atoms with Crippen molar-refractivity contribution in [1.82, 2.24) is 9.38 Å². The lowest BCUT2D eigenvalue weighted by atomic mass is 10.1. The van der Waals surface area contributed by atoms with Gasteiger partial charge in [-0.2, -0.15) is 0 Å². The van der Waals surface area contributed by atoms with Gasteiger partial charge in [-0.05, 0) is 54.6 Å². The lowest BCUT2D eigenvalue weighted by molar-refractivity contribution is 0.373. The SMILES string of the molecule is COc1cc(-c2nc3ccccn3c2N=Cc2ccc(-c3cccc(Cl)c3)o2)ccc1O. The Morgan fingerprint density at radius 2 is 1.94 bits per heavy atom. The molecular formula is C25H18ClN3O3. The number of pyridine rings is 1. The summed E-state index contributed by atoms with van der Waals surface area (Å²) in [5.74, 6) is 2.37. The first-order chi connectivity index (χ1) is 15.6. The average molecular weight is 444 g/mol. The van der Waals surface area contributed by atoms with Gasteiger partial charge in [-0.1, -0.05) is 29.8 Å². The maximum atomic E-state index is 9.96. The number of imidazole rings is 1. The molecule has 0 aliphatic heterocycles. The topological polar surface area (TPSA) is 72.3 Å². The Labute approximate surface area is 189 Å². The second-order valence-corrected chi connectivity index (χ2v) is 7.51. The number of phenols is 1. The Bertz CT molecular complexity index is 1450. The van der Waals surface area contributed by atoms with E-state index in [1.54, 1.807) is 24.4 Å². The standard InChI is InChI=1S/C25H18ClN3O3/c1-31-22-14-17(8-10-20(22)30)24-25(29-12-3-2-7-23(29)28-24)27-15-19-9-11-21(32-19)16-5-4-6-18(26)13-16/h2-15,30H,1H3. The molecule has 0 aliphatic carbocycles. The number of benzene rings is 2. The molecular weight excluding hydrogens is 426 g/mol. The molecule has 0 amide bonds. The maximum Gasteiger partial charge on any atom is 0.165 e. The lowest BCUT2D eigenvalue weighted by Crippen LogP contribution is -1.86. The van der Waals surface area contributed by atoms with Crippen LogP contribution in [0.25, 0.3) is 28.2 Å². The molecule has 0 fully saturated rings. The maximum absolute atomic E-state index is 9.96. The van der Waals surface area contributed by atoms with Gasteiger partial charge in [0, 0.05) is 22.3 Å². The van der Waals surface area contributed by atoms with Gasteiger partial charge in [-0.15, -0.1) is 0 Å². The fraction of sp³-hybridized carbons (Fsp3) is 0.0400. The summed E-state index contributed by atoms with van der Waals surface area (Å²) in [6.45, 7) is 0. The highest BCUT2D eigenvalue weighted by Crippen LogP contribution is 2.36. The van der Waals surface area contributed by atoms with Crippen molar-refractivity contribution in [3.05, 3.63) is 89.8 Å². The van der Waals surface area contributed by atoms with Crippen molar-refractivity contribution >= 4 is 29.3 Å². The molecule has 0 unspecified atom stereocenters. The van der Waals surface area contributed by atoms with E-state index in [2.05, 4.69) is 0 Å². The number of nitrogens with zero attached hydrogens (tertiary/aromatic N) is 3. The summed E-state index contributed by atoms with van der Waals surface area (Å²) >= 11 is 6.09. The van der Waals surface area contributed by atoms with Crippen LogP contribution in [0.3, 0.4) is 0 Å². The van der Waals surface area contributed by atoms with Crippen molar-refractivity contribution in [3.63, 3.8) is 0 Å². The number of halogens is 1. The summed E-state index contributed by atoms with van der Waals surface area (Å²) in [7, 11) is 1.51. The predicted octanol–water partition coefficient (Wildman–Crippen LogP) is 6.38. The predicted molar refractivity (Wildman–Crippen MR) is 125 cm³/mol. The molecule has 3 aromatic heterocycles. The molecule has 0 spiro atoms. The van der Waals surface area contributed by atoms with Crippen molar-refractivity contribution in [3.8, 4) is 34.1 Å². The van der Waals surface area contributed by atoms with Crippen molar-refractivity contribution in [1.29, 1.82) is 0 Å². The van der Waals surface area contributed by atoms with Gasteiger partial charge < -0.3 is 14.3 Å². The van der Waals surface area contributed by atoms with Crippen LogP contribution in [0.5, 0.6) is 11.5 Å². The summed E-state index contributed by atoms with van der Waals surface area (Å²) in [5.41, 5.74) is 3.08. The Hall–Kier alpha value is -4.03. The molecule has 3 heterocycles. The van der Waals surface area contributed by atoms with Gasteiger partial charge in [0.15, 0.2) is 17.3 Å². The lowest BCUT2D eigenvalue weighted by Gasteiger charge is -2.05. The van der Waals surface area contributed by atoms with E-state index in [0.717, 1.165) is 16.8 Å². The van der Waals surface area contributed by atoms with Gasteiger partial charge in [0.05, 0.1) is 13.3 Å². The number of aromatic hydroxyl groups is 1. The summed E-state index contributed by atoms with van der Waals surface area (Å²) < 4.78 is 13.1. The van der Waals surface area contributed by atoms with Crippen LogP contribution in [0.2, 0.25) is 5.02 Å². The summed E-state index contributed by atoms with van der Waals surface area (Å²) in [5, 5.41) is 10.6. The number of aromatic nitrogens is 2. The van der Waals surface area contributed by atoms with Crippen LogP contribution in [0, 0.1) is 0 Å². The Balaban J connectivity index is 1.56. The molecule has 32 heavy (non-hydrogen) atoms. The Morgan fingerprint density at radius 1 is 1.03 bits per heavy atom. The summed E-state index contributed by atoms with van der Waals surface area (Å²) in [4.78, 5) is 9.43. The third-order valence-electron chi connectivity index (χ3n) is 5.01. The van der Waals surface area contributed by atoms with Gasteiger partial charge in [0.2, 0.25) is 0 Å². The normalized spacial score (nSPS) is 11.4. The molecule has 0 radical (unpaired) electrons. The number of furan rings is 1. The minimum atomic E-state index is 0.0641. The average Bonchev–Trinajstić information content (AvgIpc) is 3.43. The highest BCUT2D eigenvalue weighted by Gasteiger charge is 2.15. The highest BCUT2D eigenvalue weighted by molar-refractivity contribution is 6.30. The zero-order valence-corrected chi connectivity index (χ0v) is 17.8. The van der Waals surface area contributed by atoms with E-state index in [0.29, 0.717) is 33.8 Å². The molecule has 158 valence electrons. The van der Waals surface area contributed by atoms with Crippen molar-refractivity contribution < 1.29 is 14.3 Å². The zero-order chi connectivity index (χ0) is 22.1. The number of hydrogen-bond acceptors (Lipinski definition) is 5. The molecule has 5 aromatic rings. The molecule has 1 N–H and O–H groups in total. The summed E-state index contributed by atoms with van der Waals surface area (Å²) in [6.07, 6.45) is 3.56. The van der Waals surface area contributed by atoms with E-state index in [-0.39, 0.29) is 5.75 Å². The van der Waals surface area contributed by atoms with Crippen LogP contribution in [0.1, 0.15) is 5.76 Å². The molecule has 0 bridgehead atoms. The van der Waals surface area contributed by atoms with Crippen LogP contribution in [0.15, 0.2) is 88.4 Å². The molecule has 0 atom stereocenters. The van der Waals surface area contributed by atoms with E-state index in [1.807, 2.05) is 65.2 Å². The number of fused-ring (bicyclic) bond motifs is 1. The second-order valence-electron chi connectivity index (χ2n) is 7.07.